The summed E-state index contributed by atoms with van der Waals surface area (Å²) in [5.74, 6) is 0.783. The third-order valence-electron chi connectivity index (χ3n) is 2.18. The third-order valence-corrected chi connectivity index (χ3v) is 2.18. The van der Waals surface area contributed by atoms with E-state index in [0.717, 1.165) is 0 Å². The van der Waals surface area contributed by atoms with E-state index in [2.05, 4.69) is 0 Å². The Morgan fingerprint density at radius 2 is 2.25 bits per heavy atom. The molecule has 0 aliphatic carbocycles. The van der Waals surface area contributed by atoms with Crippen molar-refractivity contribution in [2.75, 3.05) is 13.2 Å². The van der Waals surface area contributed by atoms with Gasteiger partial charge >= 0.3 is 5.69 Å². The molecule has 0 fully saturated rings. The topological polar surface area (TPSA) is 72.6 Å². The molecule has 16 heavy (non-hydrogen) atoms. The zero-order valence-corrected chi connectivity index (χ0v) is 9.27. The fraction of sp³-hybridized carbons (Fsp3) is 0.364. The van der Waals surface area contributed by atoms with Crippen molar-refractivity contribution in [1.82, 2.24) is 0 Å². The zero-order chi connectivity index (χ0) is 12.1. The van der Waals surface area contributed by atoms with E-state index in [4.69, 9.17) is 9.84 Å². The first kappa shape index (κ1) is 12.4. The molecule has 0 atom stereocenters. The molecule has 0 saturated carbocycles. The van der Waals surface area contributed by atoms with Crippen LogP contribution < -0.4 is 4.74 Å². The number of nitrogens with zero attached hydrogens (tertiary/aromatic N) is 1. The summed E-state index contributed by atoms with van der Waals surface area (Å²) in [6.45, 7) is 3.57. The molecule has 0 spiro atoms. The van der Waals surface area contributed by atoms with Gasteiger partial charge in [-0.25, -0.2) is 0 Å². The van der Waals surface area contributed by atoms with Crippen molar-refractivity contribution in [1.29, 1.82) is 0 Å². The fourth-order valence-corrected chi connectivity index (χ4v) is 1.41. The molecule has 0 unspecified atom stereocenters. The number of hydrogen-bond donors (Lipinski definition) is 1. The Labute approximate surface area is 93.8 Å². The quantitative estimate of drug-likeness (QED) is 0.612. The minimum atomic E-state index is -0.487. The number of para-hydroxylation sites is 1. The minimum Gasteiger partial charge on any atom is -0.487 e. The lowest BCUT2D eigenvalue weighted by atomic mass is 10.00. The molecule has 1 radical (unpaired) electrons. The summed E-state index contributed by atoms with van der Waals surface area (Å²) in [4.78, 5) is 10.5. The molecule has 1 aromatic carbocycles. The second-order valence-electron chi connectivity index (χ2n) is 3.28. The molecule has 0 aliphatic rings. The number of hydrogen-bond acceptors (Lipinski definition) is 4. The van der Waals surface area contributed by atoms with Crippen LogP contribution in [-0.4, -0.2) is 23.2 Å². The summed E-state index contributed by atoms with van der Waals surface area (Å²) in [7, 11) is 0. The molecule has 1 rings (SSSR count). The highest BCUT2D eigenvalue weighted by molar-refractivity contribution is 5.57. The zero-order valence-electron chi connectivity index (χ0n) is 9.27. The largest absolute Gasteiger partial charge is 0.487 e. The van der Waals surface area contributed by atoms with Crippen molar-refractivity contribution in [3.8, 4) is 5.75 Å². The number of ether oxygens (including phenoxy) is 1. The average molecular weight is 224 g/mol. The van der Waals surface area contributed by atoms with Gasteiger partial charge in [-0.15, -0.1) is 0 Å². The van der Waals surface area contributed by atoms with Gasteiger partial charge in [0.2, 0.25) is 0 Å². The van der Waals surface area contributed by atoms with Crippen LogP contribution >= 0.6 is 0 Å². The first-order chi connectivity index (χ1) is 7.61. The lowest BCUT2D eigenvalue weighted by molar-refractivity contribution is -0.386. The molecule has 5 nitrogen and oxygen atoms in total. The molecule has 0 aromatic heterocycles. The van der Waals surface area contributed by atoms with E-state index in [0.29, 0.717) is 18.1 Å². The van der Waals surface area contributed by atoms with E-state index in [1.54, 1.807) is 32.0 Å². The number of aliphatic hydroxyl groups is 1. The smallest absolute Gasteiger partial charge is 0.314 e. The molecule has 5 heteroatoms. The third kappa shape index (κ3) is 2.49. The van der Waals surface area contributed by atoms with E-state index >= 15 is 0 Å². The second-order valence-corrected chi connectivity index (χ2v) is 3.28. The molecule has 0 aliphatic heterocycles. The van der Waals surface area contributed by atoms with Crippen molar-refractivity contribution < 1.29 is 14.8 Å². The van der Waals surface area contributed by atoms with Crippen LogP contribution in [0.4, 0.5) is 5.69 Å². The molecule has 0 heterocycles. The first-order valence-corrected chi connectivity index (χ1v) is 4.95. The second kappa shape index (κ2) is 5.46. The van der Waals surface area contributed by atoms with Crippen LogP contribution in [0.3, 0.4) is 0 Å². The highest BCUT2D eigenvalue weighted by Gasteiger charge is 2.24. The average Bonchev–Trinajstić information content (AvgIpc) is 2.27. The highest BCUT2D eigenvalue weighted by atomic mass is 16.6. The Kier molecular flexibility index (Phi) is 4.25. The van der Waals surface area contributed by atoms with E-state index in [1.807, 2.05) is 0 Å². The molecule has 87 valence electrons. The van der Waals surface area contributed by atoms with Gasteiger partial charge in [0.1, 0.15) is 0 Å². The van der Waals surface area contributed by atoms with Crippen LogP contribution in [0.1, 0.15) is 19.4 Å². The fourth-order valence-electron chi connectivity index (χ4n) is 1.41. The molecule has 0 saturated heterocycles. The van der Waals surface area contributed by atoms with Gasteiger partial charge in [-0.05, 0) is 13.0 Å². The number of nitro benzene ring substituents is 1. The van der Waals surface area contributed by atoms with Crippen LogP contribution in [0.5, 0.6) is 5.75 Å². The first-order valence-electron chi connectivity index (χ1n) is 4.95. The van der Waals surface area contributed by atoms with Gasteiger partial charge in [-0.1, -0.05) is 19.1 Å². The van der Waals surface area contributed by atoms with Crippen LogP contribution in [0.15, 0.2) is 18.2 Å². The summed E-state index contributed by atoms with van der Waals surface area (Å²) < 4.78 is 5.20. The normalized spacial score (nSPS) is 10.5. The van der Waals surface area contributed by atoms with E-state index < -0.39 is 4.92 Å². The van der Waals surface area contributed by atoms with Crippen molar-refractivity contribution in [3.05, 3.63) is 39.8 Å². The SMILES string of the molecule is CCOc1cccc([C](C)CO)c1[N+](=O)[O-]. The van der Waals surface area contributed by atoms with Crippen LogP contribution in [0.25, 0.3) is 0 Å². The molecule has 0 bridgehead atoms. The molecular formula is C11H14NO4. The molecular weight excluding hydrogens is 210 g/mol. The lowest BCUT2D eigenvalue weighted by Gasteiger charge is -2.11. The summed E-state index contributed by atoms with van der Waals surface area (Å²) >= 11 is 0. The van der Waals surface area contributed by atoms with Gasteiger partial charge in [0.25, 0.3) is 0 Å². The summed E-state index contributed by atoms with van der Waals surface area (Å²) in [6.07, 6.45) is 0. The van der Waals surface area contributed by atoms with Crippen LogP contribution in [-0.2, 0) is 0 Å². The maximum Gasteiger partial charge on any atom is 0.314 e. The number of rotatable bonds is 5. The van der Waals surface area contributed by atoms with E-state index in [1.165, 1.54) is 0 Å². The van der Waals surface area contributed by atoms with Crippen molar-refractivity contribution in [2.24, 2.45) is 0 Å². The van der Waals surface area contributed by atoms with Crippen molar-refractivity contribution in [2.45, 2.75) is 13.8 Å². The monoisotopic (exact) mass is 224 g/mol. The van der Waals surface area contributed by atoms with Crippen LogP contribution in [0.2, 0.25) is 0 Å². The maximum atomic E-state index is 11.0. The standard InChI is InChI=1S/C11H14NO4/c1-3-16-10-6-4-5-9(8(2)7-13)11(10)12(14)15/h4-6,13H,3,7H2,1-2H3. The lowest BCUT2D eigenvalue weighted by Crippen LogP contribution is -2.06. The Morgan fingerprint density at radius 3 is 2.75 bits per heavy atom. The summed E-state index contributed by atoms with van der Waals surface area (Å²) in [5, 5.41) is 20.0. The molecule has 1 aromatic rings. The van der Waals surface area contributed by atoms with E-state index in [9.17, 15) is 10.1 Å². The van der Waals surface area contributed by atoms with Gasteiger partial charge < -0.3 is 9.84 Å². The number of benzene rings is 1. The molecule has 1 N–H and O–H groups in total. The highest BCUT2D eigenvalue weighted by Crippen LogP contribution is 2.34. The van der Waals surface area contributed by atoms with Gasteiger partial charge in [0.15, 0.2) is 5.75 Å². The predicted molar refractivity (Wildman–Crippen MR) is 59.4 cm³/mol. The van der Waals surface area contributed by atoms with E-state index in [-0.39, 0.29) is 18.0 Å². The van der Waals surface area contributed by atoms with Crippen molar-refractivity contribution >= 4 is 5.69 Å². The Hall–Kier alpha value is -1.62. The van der Waals surface area contributed by atoms with Gasteiger partial charge in [-0.2, -0.15) is 0 Å². The Bertz CT molecular complexity index is 378. The minimum absolute atomic E-state index is 0.0871. The maximum absolute atomic E-state index is 11.0. The molecule has 0 amide bonds. The van der Waals surface area contributed by atoms with Crippen LogP contribution in [0, 0.1) is 16.0 Å². The van der Waals surface area contributed by atoms with Crippen molar-refractivity contribution in [3.63, 3.8) is 0 Å². The summed E-state index contributed by atoms with van der Waals surface area (Å²) in [5.41, 5.74) is 0.328. The van der Waals surface area contributed by atoms with Gasteiger partial charge in [0.05, 0.1) is 18.1 Å². The predicted octanol–water partition coefficient (Wildman–Crippen LogP) is 1.93. The Balaban J connectivity index is 3.26. The number of aliphatic hydroxyl groups excluding tert-OH is 1. The summed E-state index contributed by atoms with van der Waals surface area (Å²) in [6, 6.07) is 4.83. The number of nitro groups is 1. The van der Waals surface area contributed by atoms with Gasteiger partial charge in [0, 0.05) is 11.5 Å². The van der Waals surface area contributed by atoms with Gasteiger partial charge in [-0.3, -0.25) is 10.1 Å². The Morgan fingerprint density at radius 1 is 1.56 bits per heavy atom.